The molecule has 6 nitrogen and oxygen atoms in total. The molecule has 7 heteroatoms. The molecule has 2 fully saturated rings. The number of hydrogen-bond donors (Lipinski definition) is 1. The first kappa shape index (κ1) is 18.4. The number of hydrogen-bond acceptors (Lipinski definition) is 4. The van der Waals surface area contributed by atoms with E-state index in [1.807, 2.05) is 0 Å². The molecule has 1 aromatic rings. The van der Waals surface area contributed by atoms with E-state index in [-0.39, 0.29) is 16.4 Å². The van der Waals surface area contributed by atoms with E-state index in [0.29, 0.717) is 38.8 Å². The van der Waals surface area contributed by atoms with Crippen LogP contribution in [-0.2, 0) is 14.8 Å². The maximum absolute atomic E-state index is 12.9. The highest BCUT2D eigenvalue weighted by molar-refractivity contribution is 7.89. The molecule has 0 bridgehead atoms. The van der Waals surface area contributed by atoms with Crippen LogP contribution in [0.4, 0.5) is 0 Å². The summed E-state index contributed by atoms with van der Waals surface area (Å²) in [7, 11) is -3.69. The van der Waals surface area contributed by atoms with Crippen LogP contribution in [0.5, 0.6) is 0 Å². The molecule has 138 valence electrons. The van der Waals surface area contributed by atoms with Gasteiger partial charge in [0.15, 0.2) is 0 Å². The van der Waals surface area contributed by atoms with Crippen molar-refractivity contribution in [1.29, 1.82) is 0 Å². The number of rotatable bonds is 5. The lowest BCUT2D eigenvalue weighted by Gasteiger charge is -2.27. The number of sulfonamides is 1. The number of carbonyl (C=O) groups excluding carboxylic acids is 1. The molecule has 1 amide bonds. The van der Waals surface area contributed by atoms with E-state index >= 15 is 0 Å². The summed E-state index contributed by atoms with van der Waals surface area (Å²) in [6.07, 6.45) is 5.96. The van der Waals surface area contributed by atoms with E-state index in [0.717, 1.165) is 12.8 Å². The van der Waals surface area contributed by atoms with E-state index in [4.69, 9.17) is 4.74 Å². The topological polar surface area (TPSA) is 75.7 Å². The Morgan fingerprint density at radius 1 is 1.12 bits per heavy atom. The van der Waals surface area contributed by atoms with Gasteiger partial charge in [0.25, 0.3) is 5.91 Å². The van der Waals surface area contributed by atoms with Crippen LogP contribution in [0.3, 0.4) is 0 Å². The molecule has 0 atom stereocenters. The number of benzene rings is 1. The molecule has 3 rings (SSSR count). The smallest absolute Gasteiger partial charge is 0.252 e. The first-order valence-corrected chi connectivity index (χ1v) is 10.5. The SMILES string of the molecule is O=C(NCC1CCCCC1)c1ccccc1S(=O)(=O)N1CCOCC1. The zero-order valence-corrected chi connectivity index (χ0v) is 15.3. The number of carbonyl (C=O) groups is 1. The van der Waals surface area contributed by atoms with Crippen LogP contribution in [0.25, 0.3) is 0 Å². The van der Waals surface area contributed by atoms with Crippen molar-refractivity contribution >= 4 is 15.9 Å². The highest BCUT2D eigenvalue weighted by Gasteiger charge is 2.30. The lowest BCUT2D eigenvalue weighted by Crippen LogP contribution is -2.41. The summed E-state index contributed by atoms with van der Waals surface area (Å²) >= 11 is 0. The molecular formula is C18H26N2O4S. The Hall–Kier alpha value is -1.44. The van der Waals surface area contributed by atoms with Crippen molar-refractivity contribution in [2.45, 2.75) is 37.0 Å². The lowest BCUT2D eigenvalue weighted by molar-refractivity contribution is 0.0729. The second-order valence-electron chi connectivity index (χ2n) is 6.73. The predicted molar refractivity (Wildman–Crippen MR) is 94.9 cm³/mol. The van der Waals surface area contributed by atoms with Crippen molar-refractivity contribution in [2.75, 3.05) is 32.8 Å². The van der Waals surface area contributed by atoms with Gasteiger partial charge in [-0.15, -0.1) is 0 Å². The van der Waals surface area contributed by atoms with Gasteiger partial charge in [0.05, 0.1) is 23.7 Å². The minimum absolute atomic E-state index is 0.0815. The van der Waals surface area contributed by atoms with Crippen molar-refractivity contribution in [3.63, 3.8) is 0 Å². The van der Waals surface area contributed by atoms with Crippen LogP contribution in [0.2, 0.25) is 0 Å². The van der Waals surface area contributed by atoms with Crippen molar-refractivity contribution in [1.82, 2.24) is 9.62 Å². The van der Waals surface area contributed by atoms with Gasteiger partial charge in [-0.1, -0.05) is 31.4 Å². The van der Waals surface area contributed by atoms with Gasteiger partial charge >= 0.3 is 0 Å². The maximum atomic E-state index is 12.9. The third kappa shape index (κ3) is 4.40. The summed E-state index contributed by atoms with van der Waals surface area (Å²) in [5.74, 6) is 0.193. The van der Waals surface area contributed by atoms with E-state index in [1.54, 1.807) is 18.2 Å². The standard InChI is InChI=1S/C18H26N2O4S/c21-18(19-14-15-6-2-1-3-7-15)16-8-4-5-9-17(16)25(22,23)20-10-12-24-13-11-20/h4-5,8-9,15H,1-3,6-7,10-14H2,(H,19,21). The Morgan fingerprint density at radius 2 is 1.80 bits per heavy atom. The van der Waals surface area contributed by atoms with Gasteiger partial charge in [-0.25, -0.2) is 8.42 Å². The number of morpholine rings is 1. The number of amides is 1. The van der Waals surface area contributed by atoms with Crippen molar-refractivity contribution in [2.24, 2.45) is 5.92 Å². The Labute approximate surface area is 149 Å². The predicted octanol–water partition coefficient (Wildman–Crippen LogP) is 2.02. The van der Waals surface area contributed by atoms with Gasteiger partial charge < -0.3 is 10.1 Å². The van der Waals surface area contributed by atoms with Gasteiger partial charge in [-0.05, 0) is 30.9 Å². The summed E-state index contributed by atoms with van der Waals surface area (Å²) in [4.78, 5) is 12.7. The second-order valence-corrected chi connectivity index (χ2v) is 8.63. The Morgan fingerprint density at radius 3 is 2.52 bits per heavy atom. The molecule has 1 aliphatic heterocycles. The largest absolute Gasteiger partial charge is 0.379 e. The van der Waals surface area contributed by atoms with Gasteiger partial charge in [-0.2, -0.15) is 4.31 Å². The fourth-order valence-electron chi connectivity index (χ4n) is 3.53. The average Bonchev–Trinajstić information content (AvgIpc) is 2.67. The summed E-state index contributed by atoms with van der Waals surface area (Å²) < 4.78 is 32.4. The van der Waals surface area contributed by atoms with Crippen LogP contribution in [-0.4, -0.2) is 51.5 Å². The zero-order valence-electron chi connectivity index (χ0n) is 14.4. The average molecular weight is 366 g/mol. The third-order valence-corrected chi connectivity index (χ3v) is 6.95. The third-order valence-electron chi connectivity index (χ3n) is 5.00. The minimum Gasteiger partial charge on any atom is -0.379 e. The van der Waals surface area contributed by atoms with Crippen molar-refractivity contribution in [3.8, 4) is 0 Å². The second kappa shape index (κ2) is 8.29. The summed E-state index contributed by atoms with van der Waals surface area (Å²) in [6, 6.07) is 6.46. The quantitative estimate of drug-likeness (QED) is 0.865. The normalized spacial score (nSPS) is 20.3. The number of nitrogens with zero attached hydrogens (tertiary/aromatic N) is 1. The fraction of sp³-hybridized carbons (Fsp3) is 0.611. The lowest BCUT2D eigenvalue weighted by atomic mass is 9.89. The highest BCUT2D eigenvalue weighted by Crippen LogP contribution is 2.24. The van der Waals surface area contributed by atoms with Gasteiger partial charge in [0.1, 0.15) is 0 Å². The summed E-state index contributed by atoms with van der Waals surface area (Å²) in [5.41, 5.74) is 0.227. The first-order valence-electron chi connectivity index (χ1n) is 9.04. The van der Waals surface area contributed by atoms with E-state index in [2.05, 4.69) is 5.32 Å². The van der Waals surface area contributed by atoms with Crippen LogP contribution in [0.1, 0.15) is 42.5 Å². The molecule has 0 unspecified atom stereocenters. The molecule has 25 heavy (non-hydrogen) atoms. The van der Waals surface area contributed by atoms with Crippen LogP contribution in [0, 0.1) is 5.92 Å². The summed E-state index contributed by atoms with van der Waals surface area (Å²) in [6.45, 7) is 2.02. The molecule has 0 aromatic heterocycles. The Bertz CT molecular complexity index is 693. The number of ether oxygens (including phenoxy) is 1. The van der Waals surface area contributed by atoms with Gasteiger partial charge in [0.2, 0.25) is 10.0 Å². The monoisotopic (exact) mass is 366 g/mol. The van der Waals surface area contributed by atoms with Crippen LogP contribution in [0.15, 0.2) is 29.2 Å². The molecule has 1 N–H and O–H groups in total. The van der Waals surface area contributed by atoms with Gasteiger partial charge in [-0.3, -0.25) is 4.79 Å². The molecule has 1 aliphatic carbocycles. The Balaban J connectivity index is 1.74. The number of nitrogens with one attached hydrogen (secondary N) is 1. The van der Waals surface area contributed by atoms with Crippen LogP contribution >= 0.6 is 0 Å². The molecule has 2 aliphatic rings. The zero-order chi connectivity index (χ0) is 17.7. The molecule has 0 radical (unpaired) electrons. The van der Waals surface area contributed by atoms with Crippen LogP contribution < -0.4 is 5.32 Å². The molecular weight excluding hydrogens is 340 g/mol. The molecule has 1 saturated heterocycles. The molecule has 1 aromatic carbocycles. The summed E-state index contributed by atoms with van der Waals surface area (Å²) in [5, 5.41) is 2.94. The van der Waals surface area contributed by atoms with E-state index in [1.165, 1.54) is 29.6 Å². The van der Waals surface area contributed by atoms with Crippen molar-refractivity contribution < 1.29 is 17.9 Å². The van der Waals surface area contributed by atoms with Crippen molar-refractivity contribution in [3.05, 3.63) is 29.8 Å². The van der Waals surface area contributed by atoms with E-state index < -0.39 is 10.0 Å². The fourth-order valence-corrected chi connectivity index (χ4v) is 5.13. The minimum atomic E-state index is -3.69. The van der Waals surface area contributed by atoms with E-state index in [9.17, 15) is 13.2 Å². The maximum Gasteiger partial charge on any atom is 0.252 e. The highest BCUT2D eigenvalue weighted by atomic mass is 32.2. The first-order chi connectivity index (χ1) is 12.1. The molecule has 1 heterocycles. The Kier molecular flexibility index (Phi) is 6.09. The molecule has 1 saturated carbocycles. The molecule has 0 spiro atoms. The van der Waals surface area contributed by atoms with Gasteiger partial charge in [0, 0.05) is 19.6 Å².